The standard InChI is InChI=1S/C18H25FN2O3/c1-18(2)13(12-16(22)21(18)4)17(23)20(3)10-7-11-24-15-9-6-5-8-14(15)19/h5-6,8-9,13H,7,10-12H2,1-4H3/t13-/m0/s1. The zero-order valence-corrected chi connectivity index (χ0v) is 14.7. The maximum Gasteiger partial charge on any atom is 0.228 e. The SMILES string of the molecule is CN(CCCOc1ccccc1F)C(=O)[C@@H]1CC(=O)N(C)C1(C)C. The third-order valence-electron chi connectivity index (χ3n) is 4.88. The number of hydrogen-bond acceptors (Lipinski definition) is 3. The zero-order valence-electron chi connectivity index (χ0n) is 14.7. The van der Waals surface area contributed by atoms with Crippen LogP contribution in [0.2, 0.25) is 0 Å². The molecule has 1 saturated heterocycles. The first-order valence-electron chi connectivity index (χ1n) is 8.14. The maximum absolute atomic E-state index is 13.4. The molecule has 132 valence electrons. The van der Waals surface area contributed by atoms with Crippen molar-refractivity contribution < 1.29 is 18.7 Å². The van der Waals surface area contributed by atoms with Crippen LogP contribution < -0.4 is 4.74 Å². The summed E-state index contributed by atoms with van der Waals surface area (Å²) in [6.45, 7) is 4.65. The number of likely N-dealkylation sites (tertiary alicyclic amines) is 1. The molecule has 2 amide bonds. The van der Waals surface area contributed by atoms with Crippen molar-refractivity contribution in [3.8, 4) is 5.75 Å². The van der Waals surface area contributed by atoms with Crippen molar-refractivity contribution in [2.45, 2.75) is 32.2 Å². The number of nitrogens with zero attached hydrogens (tertiary/aromatic N) is 2. The summed E-state index contributed by atoms with van der Waals surface area (Å²) in [6.07, 6.45) is 0.839. The molecular weight excluding hydrogens is 311 g/mol. The smallest absolute Gasteiger partial charge is 0.228 e. The summed E-state index contributed by atoms with van der Waals surface area (Å²) >= 11 is 0. The number of benzene rings is 1. The van der Waals surface area contributed by atoms with Gasteiger partial charge in [-0.05, 0) is 32.4 Å². The van der Waals surface area contributed by atoms with Gasteiger partial charge in [-0.3, -0.25) is 9.59 Å². The lowest BCUT2D eigenvalue weighted by Gasteiger charge is -2.34. The van der Waals surface area contributed by atoms with E-state index in [9.17, 15) is 14.0 Å². The summed E-state index contributed by atoms with van der Waals surface area (Å²) in [5, 5.41) is 0. The quantitative estimate of drug-likeness (QED) is 0.749. The molecule has 0 spiro atoms. The largest absolute Gasteiger partial charge is 0.490 e. The molecule has 1 aromatic rings. The molecule has 0 saturated carbocycles. The Morgan fingerprint density at radius 3 is 2.67 bits per heavy atom. The van der Waals surface area contributed by atoms with Crippen molar-refractivity contribution in [1.29, 1.82) is 0 Å². The van der Waals surface area contributed by atoms with E-state index in [1.54, 1.807) is 42.1 Å². The highest BCUT2D eigenvalue weighted by Gasteiger charge is 2.48. The molecular formula is C18H25FN2O3. The van der Waals surface area contributed by atoms with Gasteiger partial charge in [0.25, 0.3) is 0 Å². The van der Waals surface area contributed by atoms with E-state index < -0.39 is 11.4 Å². The predicted octanol–water partition coefficient (Wildman–Crippen LogP) is 2.31. The van der Waals surface area contributed by atoms with Gasteiger partial charge in [0.1, 0.15) is 0 Å². The van der Waals surface area contributed by atoms with Crippen LogP contribution >= 0.6 is 0 Å². The fourth-order valence-corrected chi connectivity index (χ4v) is 2.93. The van der Waals surface area contributed by atoms with Crippen molar-refractivity contribution in [3.05, 3.63) is 30.1 Å². The number of carbonyl (C=O) groups is 2. The molecule has 1 aliphatic heterocycles. The second-order valence-corrected chi connectivity index (χ2v) is 6.76. The van der Waals surface area contributed by atoms with Gasteiger partial charge in [-0.1, -0.05) is 12.1 Å². The molecule has 0 aromatic heterocycles. The topological polar surface area (TPSA) is 49.9 Å². The minimum atomic E-state index is -0.480. The number of rotatable bonds is 6. The summed E-state index contributed by atoms with van der Waals surface area (Å²) in [4.78, 5) is 27.8. The van der Waals surface area contributed by atoms with Crippen LogP contribution in [0.5, 0.6) is 5.75 Å². The Labute approximate surface area is 142 Å². The minimum absolute atomic E-state index is 0.00497. The minimum Gasteiger partial charge on any atom is -0.490 e. The Balaban J connectivity index is 1.82. The molecule has 2 rings (SSSR count). The average Bonchev–Trinajstić information content (AvgIpc) is 2.75. The molecule has 1 aromatic carbocycles. The molecule has 1 aliphatic rings. The van der Waals surface area contributed by atoms with Crippen LogP contribution in [0.4, 0.5) is 4.39 Å². The lowest BCUT2D eigenvalue weighted by molar-refractivity contribution is -0.136. The van der Waals surface area contributed by atoms with Crippen molar-refractivity contribution in [2.24, 2.45) is 5.92 Å². The third-order valence-corrected chi connectivity index (χ3v) is 4.88. The highest BCUT2D eigenvalue weighted by Crippen LogP contribution is 2.35. The molecule has 24 heavy (non-hydrogen) atoms. The van der Waals surface area contributed by atoms with Gasteiger partial charge >= 0.3 is 0 Å². The Morgan fingerprint density at radius 1 is 1.42 bits per heavy atom. The highest BCUT2D eigenvalue weighted by atomic mass is 19.1. The van der Waals surface area contributed by atoms with Crippen molar-refractivity contribution in [1.82, 2.24) is 9.80 Å². The molecule has 0 N–H and O–H groups in total. The predicted molar refractivity (Wildman–Crippen MR) is 89.1 cm³/mol. The van der Waals surface area contributed by atoms with Gasteiger partial charge in [-0.15, -0.1) is 0 Å². The van der Waals surface area contributed by atoms with E-state index in [-0.39, 0.29) is 29.9 Å². The molecule has 5 nitrogen and oxygen atoms in total. The number of amides is 2. The first kappa shape index (κ1) is 18.2. The Bertz CT molecular complexity index is 618. The number of hydrogen-bond donors (Lipinski definition) is 0. The molecule has 0 bridgehead atoms. The van der Waals surface area contributed by atoms with Gasteiger partial charge in [0.2, 0.25) is 11.8 Å². The zero-order chi connectivity index (χ0) is 17.9. The van der Waals surface area contributed by atoms with E-state index in [0.717, 1.165) is 0 Å². The van der Waals surface area contributed by atoms with Gasteiger partial charge in [0.15, 0.2) is 11.6 Å². The highest BCUT2D eigenvalue weighted by molar-refractivity contribution is 5.90. The summed E-state index contributed by atoms with van der Waals surface area (Å²) in [7, 11) is 3.46. The first-order chi connectivity index (χ1) is 11.2. The lowest BCUT2D eigenvalue weighted by Crippen LogP contribution is -2.47. The second-order valence-electron chi connectivity index (χ2n) is 6.76. The average molecular weight is 336 g/mol. The lowest BCUT2D eigenvalue weighted by atomic mass is 9.87. The Morgan fingerprint density at radius 2 is 2.08 bits per heavy atom. The molecule has 1 atom stereocenters. The number of ether oxygens (including phenoxy) is 1. The van der Waals surface area contributed by atoms with Gasteiger partial charge in [-0.2, -0.15) is 0 Å². The number of para-hydroxylation sites is 1. The van der Waals surface area contributed by atoms with Gasteiger partial charge < -0.3 is 14.5 Å². The summed E-state index contributed by atoms with van der Waals surface area (Å²) in [5.74, 6) is -0.558. The fraction of sp³-hybridized carbons (Fsp3) is 0.556. The van der Waals surface area contributed by atoms with Crippen LogP contribution in [0.15, 0.2) is 24.3 Å². The molecule has 0 aliphatic carbocycles. The van der Waals surface area contributed by atoms with E-state index in [1.807, 2.05) is 13.8 Å². The van der Waals surface area contributed by atoms with Crippen molar-refractivity contribution in [2.75, 3.05) is 27.2 Å². The van der Waals surface area contributed by atoms with Crippen molar-refractivity contribution >= 4 is 11.8 Å². The Kier molecular flexibility index (Phi) is 5.47. The van der Waals surface area contributed by atoms with Crippen molar-refractivity contribution in [3.63, 3.8) is 0 Å². The molecule has 6 heteroatoms. The van der Waals surface area contributed by atoms with Crippen LogP contribution in [0.3, 0.4) is 0 Å². The third kappa shape index (κ3) is 3.68. The van der Waals surface area contributed by atoms with E-state index in [1.165, 1.54) is 6.07 Å². The number of carbonyl (C=O) groups excluding carboxylic acids is 2. The van der Waals surface area contributed by atoms with Crippen LogP contribution in [0.1, 0.15) is 26.7 Å². The first-order valence-corrected chi connectivity index (χ1v) is 8.14. The van der Waals surface area contributed by atoms with E-state index in [2.05, 4.69) is 0 Å². The Hall–Kier alpha value is -2.11. The molecule has 1 heterocycles. The van der Waals surface area contributed by atoms with Gasteiger partial charge in [0.05, 0.1) is 12.5 Å². The molecule has 0 unspecified atom stereocenters. The van der Waals surface area contributed by atoms with Gasteiger partial charge in [-0.25, -0.2) is 4.39 Å². The summed E-state index contributed by atoms with van der Waals surface area (Å²) < 4.78 is 18.8. The monoisotopic (exact) mass is 336 g/mol. The van der Waals surface area contributed by atoms with Crippen LogP contribution in [-0.4, -0.2) is 54.4 Å². The van der Waals surface area contributed by atoms with Crippen LogP contribution in [-0.2, 0) is 9.59 Å². The normalized spacial score (nSPS) is 19.5. The van der Waals surface area contributed by atoms with E-state index in [4.69, 9.17) is 4.74 Å². The summed E-state index contributed by atoms with van der Waals surface area (Å²) in [6, 6.07) is 6.24. The van der Waals surface area contributed by atoms with E-state index in [0.29, 0.717) is 19.6 Å². The molecule has 0 radical (unpaired) electrons. The number of halogens is 1. The van der Waals surface area contributed by atoms with E-state index >= 15 is 0 Å². The summed E-state index contributed by atoms with van der Waals surface area (Å²) in [5.41, 5.74) is -0.480. The van der Waals surface area contributed by atoms with Crippen LogP contribution in [0, 0.1) is 11.7 Å². The van der Waals surface area contributed by atoms with Crippen LogP contribution in [0.25, 0.3) is 0 Å². The second kappa shape index (κ2) is 7.20. The maximum atomic E-state index is 13.4. The van der Waals surface area contributed by atoms with Gasteiger partial charge in [0, 0.05) is 32.6 Å². The fourth-order valence-electron chi connectivity index (χ4n) is 2.93. The molecule has 1 fully saturated rings.